The number of carboxylic acid groups (broad SMARTS) is 1. The van der Waals surface area contributed by atoms with Gasteiger partial charge in [-0.1, -0.05) is 164 Å². The van der Waals surface area contributed by atoms with Gasteiger partial charge in [0.2, 0.25) is 5.91 Å². The molecule has 0 rings (SSSR count). The Morgan fingerprint density at radius 1 is 0.550 bits per heavy atom. The maximum Gasteiger partial charge on any atom is 0.472 e. The van der Waals surface area contributed by atoms with Gasteiger partial charge in [-0.15, -0.1) is 0 Å². The minimum Gasteiger partial charge on any atom is -0.480 e. The van der Waals surface area contributed by atoms with Crippen LogP contribution >= 0.6 is 7.82 Å². The number of unbranched alkanes of at least 4 members (excludes halogenated alkanes) is 19. The fraction of sp³-hybridized carbons (Fsp3) is 0.729. The summed E-state index contributed by atoms with van der Waals surface area (Å²) in [5, 5.41) is 21.8. The van der Waals surface area contributed by atoms with Crippen molar-refractivity contribution in [3.8, 4) is 0 Å². The molecule has 0 spiro atoms. The van der Waals surface area contributed by atoms with Gasteiger partial charge in [-0.2, -0.15) is 0 Å². The van der Waals surface area contributed by atoms with Gasteiger partial charge >= 0.3 is 19.8 Å². The molecule has 3 unspecified atom stereocenters. The first-order valence-corrected chi connectivity index (χ1v) is 24.8. The van der Waals surface area contributed by atoms with Crippen LogP contribution in [0.1, 0.15) is 194 Å². The van der Waals surface area contributed by atoms with Gasteiger partial charge in [0, 0.05) is 12.8 Å². The Kier molecular flexibility index (Phi) is 40.8. The Hall–Kier alpha value is -2.82. The predicted octanol–water partition coefficient (Wildman–Crippen LogP) is 12.3. The normalized spacial score (nSPS) is 14.2. The van der Waals surface area contributed by atoms with E-state index in [2.05, 4.69) is 79.9 Å². The first-order valence-electron chi connectivity index (χ1n) is 23.3. The summed E-state index contributed by atoms with van der Waals surface area (Å²) < 4.78 is 26.8. The van der Waals surface area contributed by atoms with E-state index in [0.717, 1.165) is 64.2 Å². The lowest BCUT2D eigenvalue weighted by molar-refractivity contribution is -0.147. The number of rotatable bonds is 43. The Balaban J connectivity index is 3.87. The second-order valence-electron chi connectivity index (χ2n) is 15.6. The van der Waals surface area contributed by atoms with Crippen molar-refractivity contribution >= 4 is 25.7 Å². The number of aliphatic hydroxyl groups excluding tert-OH is 1. The predicted molar refractivity (Wildman–Crippen MR) is 245 cm³/mol. The maximum atomic E-state index is 12.4. The lowest BCUT2D eigenvalue weighted by atomic mass is 10.0. The topological polar surface area (TPSA) is 169 Å². The third kappa shape index (κ3) is 41.9. The van der Waals surface area contributed by atoms with Crippen molar-refractivity contribution in [3.63, 3.8) is 0 Å². The zero-order chi connectivity index (χ0) is 44.2. The summed E-state index contributed by atoms with van der Waals surface area (Å²) in [6, 6.07) is -1.55. The number of nitrogens with one attached hydrogen (secondary N) is 1. The summed E-state index contributed by atoms with van der Waals surface area (Å²) in [6.45, 7) is 2.42. The highest BCUT2D eigenvalue weighted by atomic mass is 31.2. The van der Waals surface area contributed by atoms with E-state index in [1.807, 2.05) is 0 Å². The number of aliphatic hydroxyl groups is 1. The van der Waals surface area contributed by atoms with Gasteiger partial charge in [0.1, 0.15) is 12.7 Å². The van der Waals surface area contributed by atoms with Crippen molar-refractivity contribution in [1.29, 1.82) is 0 Å². The van der Waals surface area contributed by atoms with Crippen LogP contribution in [0.25, 0.3) is 0 Å². The van der Waals surface area contributed by atoms with Crippen molar-refractivity contribution in [2.45, 2.75) is 206 Å². The average Bonchev–Trinajstić information content (AvgIpc) is 3.22. The van der Waals surface area contributed by atoms with E-state index in [-0.39, 0.29) is 12.8 Å². The van der Waals surface area contributed by atoms with Gasteiger partial charge in [-0.25, -0.2) is 9.36 Å². The molecule has 0 aromatic rings. The Bertz CT molecular complexity index is 1250. The Morgan fingerprint density at radius 3 is 1.47 bits per heavy atom. The third-order valence-electron chi connectivity index (χ3n) is 9.79. The number of amides is 1. The molecular formula is C48H84NO10P. The Labute approximate surface area is 364 Å². The van der Waals surface area contributed by atoms with E-state index >= 15 is 0 Å². The average molecular weight is 866 g/mol. The number of esters is 1. The second-order valence-corrected chi connectivity index (χ2v) is 17.0. The van der Waals surface area contributed by atoms with E-state index < -0.39 is 57.6 Å². The molecule has 0 aromatic carbocycles. The standard InChI is InChI=1S/C48H84NO10P/c1-3-5-7-9-11-13-15-17-18-19-20-21-22-23-24-25-26-28-29-31-33-35-37-39-46(51)49-45(48(53)54)43-59-60(55,56)58-42-44(50)41-57-47(52)40-38-36-34-32-30-27-16-14-12-10-8-6-4-2/h6,8,11-14,17-18,27,30,44-45,50H,3-5,7,9-10,15-16,19-26,28-29,31-43H2,1-2H3,(H,49,51)(H,53,54)(H,55,56)/b8-6-,13-11-,14-12-,18-17-,30-27-. The molecule has 0 radical (unpaired) electrons. The number of phosphoric ester groups is 1. The van der Waals surface area contributed by atoms with Crippen LogP contribution in [0, 0.1) is 0 Å². The number of phosphoric acid groups is 1. The largest absolute Gasteiger partial charge is 0.480 e. The number of ether oxygens (including phenoxy) is 1. The highest BCUT2D eigenvalue weighted by molar-refractivity contribution is 7.47. The smallest absolute Gasteiger partial charge is 0.472 e. The van der Waals surface area contributed by atoms with Crippen LogP contribution in [0.3, 0.4) is 0 Å². The van der Waals surface area contributed by atoms with Crippen LogP contribution in [0.4, 0.5) is 0 Å². The summed E-state index contributed by atoms with van der Waals surface area (Å²) >= 11 is 0. The summed E-state index contributed by atoms with van der Waals surface area (Å²) in [5.41, 5.74) is 0. The number of aliphatic carboxylic acids is 1. The monoisotopic (exact) mass is 866 g/mol. The van der Waals surface area contributed by atoms with Crippen LogP contribution in [0.2, 0.25) is 0 Å². The zero-order valence-corrected chi connectivity index (χ0v) is 38.4. The molecule has 1 amide bonds. The summed E-state index contributed by atoms with van der Waals surface area (Å²) in [5.74, 6) is -2.41. The number of carbonyl (C=O) groups excluding carboxylic acids is 2. The molecule has 60 heavy (non-hydrogen) atoms. The molecule has 3 atom stereocenters. The number of allylic oxidation sites excluding steroid dienone is 10. The third-order valence-corrected chi connectivity index (χ3v) is 10.7. The van der Waals surface area contributed by atoms with Crippen molar-refractivity contribution < 1.29 is 47.8 Å². The highest BCUT2D eigenvalue weighted by Gasteiger charge is 2.28. The van der Waals surface area contributed by atoms with Gasteiger partial charge in [0.05, 0.1) is 13.2 Å². The van der Waals surface area contributed by atoms with E-state index in [1.54, 1.807) is 0 Å². The maximum absolute atomic E-state index is 12.4. The second kappa shape index (κ2) is 42.9. The molecule has 12 heteroatoms. The van der Waals surface area contributed by atoms with Gasteiger partial charge in [0.15, 0.2) is 6.04 Å². The molecule has 346 valence electrons. The van der Waals surface area contributed by atoms with Crippen molar-refractivity contribution in [2.75, 3.05) is 19.8 Å². The summed E-state index contributed by atoms with van der Waals surface area (Å²) in [6.07, 6.45) is 49.6. The number of carbonyl (C=O) groups is 3. The zero-order valence-electron chi connectivity index (χ0n) is 37.5. The molecule has 0 heterocycles. The van der Waals surface area contributed by atoms with Crippen LogP contribution in [0.15, 0.2) is 60.8 Å². The molecule has 0 aromatic heterocycles. The van der Waals surface area contributed by atoms with Gasteiger partial charge < -0.3 is 25.2 Å². The molecule has 0 aliphatic carbocycles. The molecule has 0 saturated carbocycles. The molecular weight excluding hydrogens is 781 g/mol. The lowest BCUT2D eigenvalue weighted by Gasteiger charge is -2.18. The van der Waals surface area contributed by atoms with Crippen molar-refractivity contribution in [2.24, 2.45) is 0 Å². The molecule has 4 N–H and O–H groups in total. The molecule has 0 bridgehead atoms. The molecule has 0 fully saturated rings. The van der Waals surface area contributed by atoms with Gasteiger partial charge in [-0.3, -0.25) is 18.6 Å². The van der Waals surface area contributed by atoms with E-state index in [4.69, 9.17) is 13.8 Å². The van der Waals surface area contributed by atoms with Crippen molar-refractivity contribution in [3.05, 3.63) is 60.8 Å². The number of carboxylic acids is 1. The summed E-state index contributed by atoms with van der Waals surface area (Å²) in [7, 11) is -4.77. The van der Waals surface area contributed by atoms with Gasteiger partial charge in [0.25, 0.3) is 0 Å². The van der Waals surface area contributed by atoms with Crippen LogP contribution in [-0.2, 0) is 32.7 Å². The van der Waals surface area contributed by atoms with Crippen LogP contribution in [0.5, 0.6) is 0 Å². The highest BCUT2D eigenvalue weighted by Crippen LogP contribution is 2.43. The minimum atomic E-state index is -4.77. The first-order chi connectivity index (χ1) is 29.1. The molecule has 0 saturated heterocycles. The van der Waals surface area contributed by atoms with Gasteiger partial charge in [-0.05, 0) is 77.0 Å². The SMILES string of the molecule is CC/C=C\C/C=C\C/C=C\CCCCCC(=O)OCC(O)COP(=O)(O)OCC(NC(=O)CCCCCCCCCCCCCCC/C=C\C/C=C\CCCCC)C(=O)O. The van der Waals surface area contributed by atoms with E-state index in [1.165, 1.54) is 89.9 Å². The minimum absolute atomic E-state index is 0.141. The molecule has 0 aliphatic heterocycles. The van der Waals surface area contributed by atoms with E-state index in [0.29, 0.717) is 12.8 Å². The summed E-state index contributed by atoms with van der Waals surface area (Å²) in [4.78, 5) is 46.0. The molecule has 0 aliphatic rings. The van der Waals surface area contributed by atoms with Crippen LogP contribution < -0.4 is 5.32 Å². The number of hydrogen-bond acceptors (Lipinski definition) is 8. The number of hydrogen-bond donors (Lipinski definition) is 4. The van der Waals surface area contributed by atoms with Crippen LogP contribution in [-0.4, -0.2) is 64.9 Å². The lowest BCUT2D eigenvalue weighted by Crippen LogP contribution is -2.43. The van der Waals surface area contributed by atoms with Crippen molar-refractivity contribution in [1.82, 2.24) is 5.32 Å². The fourth-order valence-electron chi connectivity index (χ4n) is 6.18. The fourth-order valence-corrected chi connectivity index (χ4v) is 6.96. The van der Waals surface area contributed by atoms with E-state index in [9.17, 15) is 34.1 Å². The molecule has 11 nitrogen and oxygen atoms in total. The quantitative estimate of drug-likeness (QED) is 0.0200. The Morgan fingerprint density at radius 2 is 0.967 bits per heavy atom. The first kappa shape index (κ1) is 57.2.